The molecule has 2 aliphatic heterocycles. The Balaban J connectivity index is 1.47. The van der Waals surface area contributed by atoms with Crippen molar-refractivity contribution < 1.29 is 27.7 Å². The lowest BCUT2D eigenvalue weighted by Gasteiger charge is -2.66. The Kier molecular flexibility index (Phi) is 5.12. The van der Waals surface area contributed by atoms with Gasteiger partial charge in [0.05, 0.1) is 37.4 Å². The number of ether oxygens (including phenoxy) is 3. The molecule has 3 aliphatic carbocycles. The molecule has 1 saturated heterocycles. The van der Waals surface area contributed by atoms with Crippen molar-refractivity contribution in [3.05, 3.63) is 29.6 Å². The predicted molar refractivity (Wildman–Crippen MR) is 120 cm³/mol. The molecule has 3 saturated carbocycles. The molecule has 3 atom stereocenters. The van der Waals surface area contributed by atoms with Gasteiger partial charge < -0.3 is 19.9 Å². The van der Waals surface area contributed by atoms with Gasteiger partial charge in [-0.2, -0.15) is 5.26 Å². The molecule has 0 spiro atoms. The molecule has 0 unspecified atom stereocenters. The van der Waals surface area contributed by atoms with Gasteiger partial charge in [-0.15, -0.1) is 10.8 Å². The minimum Gasteiger partial charge on any atom is -0.493 e. The maximum absolute atomic E-state index is 15.2. The van der Waals surface area contributed by atoms with E-state index < -0.39 is 27.4 Å². The van der Waals surface area contributed by atoms with Crippen molar-refractivity contribution in [2.24, 2.45) is 21.6 Å². The largest absolute Gasteiger partial charge is 0.493 e. The Morgan fingerprint density at radius 2 is 2.12 bits per heavy atom. The third-order valence-electron chi connectivity index (χ3n) is 7.65. The van der Waals surface area contributed by atoms with E-state index in [1.807, 2.05) is 0 Å². The highest BCUT2D eigenvalue weighted by molar-refractivity contribution is 8.23. The van der Waals surface area contributed by atoms with E-state index in [4.69, 9.17) is 19.9 Å². The average molecular weight is 481 g/mol. The molecule has 6 rings (SSSR count). The van der Waals surface area contributed by atoms with Crippen molar-refractivity contribution in [1.29, 1.82) is 5.26 Å². The highest BCUT2D eigenvalue weighted by atomic mass is 32.3. The van der Waals surface area contributed by atoms with E-state index in [-0.39, 0.29) is 48.1 Å². The monoisotopic (exact) mass is 480 g/mol. The van der Waals surface area contributed by atoms with E-state index >= 15 is 4.39 Å². The fraction of sp³-hybridized carbons (Fsp3) is 0.636. The second-order valence-electron chi connectivity index (χ2n) is 9.92. The molecule has 2 bridgehead atoms. The Morgan fingerprint density at radius 1 is 1.39 bits per heavy atom. The molecule has 5 aliphatic rings. The predicted octanol–water partition coefficient (Wildman–Crippen LogP) is 2.82. The van der Waals surface area contributed by atoms with Gasteiger partial charge in [0.1, 0.15) is 22.4 Å². The van der Waals surface area contributed by atoms with Gasteiger partial charge in [0, 0.05) is 31.6 Å². The minimum absolute atomic E-state index is 0.0258. The number of hydrogen-bond donors (Lipinski definition) is 3. The molecular formula is C22H29FN4O5S. The molecule has 2 heterocycles. The normalized spacial score (nSPS) is 39.3. The molecule has 4 fully saturated rings. The van der Waals surface area contributed by atoms with Crippen LogP contribution in [0.2, 0.25) is 0 Å². The fourth-order valence-electron chi connectivity index (χ4n) is 5.98. The summed E-state index contributed by atoms with van der Waals surface area (Å²) in [5.74, 6) is -0.189. The molecule has 0 amide bonds. The first kappa shape index (κ1) is 22.7. The summed E-state index contributed by atoms with van der Waals surface area (Å²) in [6.45, 7) is 0.641. The number of hydrogen-bond acceptors (Lipinski definition) is 9. The molecule has 1 aromatic rings. The number of methoxy groups -OCH3 is 1. The summed E-state index contributed by atoms with van der Waals surface area (Å²) in [5.41, 5.74) is 4.65. The lowest BCUT2D eigenvalue weighted by atomic mass is 9.36. The zero-order chi connectivity index (χ0) is 23.6. The molecule has 180 valence electrons. The Hall–Kier alpha value is -2.10. The first-order chi connectivity index (χ1) is 15.6. The lowest BCUT2D eigenvalue weighted by molar-refractivity contribution is -0.181. The second-order valence-corrected chi connectivity index (χ2v) is 12.2. The van der Waals surface area contributed by atoms with Crippen LogP contribution in [0.5, 0.6) is 5.75 Å². The number of nitrogens with two attached hydrogens (primary N) is 1. The molecule has 0 radical (unpaired) electrons. The second kappa shape index (κ2) is 7.45. The average Bonchev–Trinajstić information content (AvgIpc) is 2.73. The van der Waals surface area contributed by atoms with Crippen molar-refractivity contribution in [1.82, 2.24) is 4.31 Å². The zero-order valence-corrected chi connectivity index (χ0v) is 19.5. The van der Waals surface area contributed by atoms with E-state index in [1.54, 1.807) is 12.1 Å². The number of aliphatic imine (C=N–C) groups is 1. The van der Waals surface area contributed by atoms with Gasteiger partial charge >= 0.3 is 0 Å². The van der Waals surface area contributed by atoms with Crippen LogP contribution in [-0.2, 0) is 15.0 Å². The fourth-order valence-corrected chi connectivity index (χ4v) is 7.93. The van der Waals surface area contributed by atoms with Gasteiger partial charge in [-0.3, -0.25) is 9.11 Å². The van der Waals surface area contributed by atoms with E-state index in [0.717, 1.165) is 23.6 Å². The number of guanidine groups is 1. The van der Waals surface area contributed by atoms with E-state index in [2.05, 4.69) is 11.1 Å². The van der Waals surface area contributed by atoms with Gasteiger partial charge in [-0.1, -0.05) is 0 Å². The van der Waals surface area contributed by atoms with Crippen LogP contribution in [0.25, 0.3) is 0 Å². The summed E-state index contributed by atoms with van der Waals surface area (Å²) >= 11 is 0. The summed E-state index contributed by atoms with van der Waals surface area (Å²) in [4.78, 5) is 4.57. The Labute approximate surface area is 193 Å². The summed E-state index contributed by atoms with van der Waals surface area (Å²) in [7, 11) is -0.425. The first-order valence-corrected chi connectivity index (χ1v) is 12.5. The SMILES string of the molecule is COC[C@H]1C[C@@H]2[C@](c3cc(OCC45CC(C#N)(C4)C5)ccc3F)(CO1)N=C(N)N(C)S2(O)O. The lowest BCUT2D eigenvalue weighted by Crippen LogP contribution is -2.63. The molecule has 33 heavy (non-hydrogen) atoms. The number of halogens is 1. The summed E-state index contributed by atoms with van der Waals surface area (Å²) in [6.07, 6.45) is 2.32. The van der Waals surface area contributed by atoms with Gasteiger partial charge in [-0.25, -0.2) is 13.7 Å². The number of fused-ring (bicyclic) bond motifs is 1. The van der Waals surface area contributed by atoms with Gasteiger partial charge in [0.2, 0.25) is 5.96 Å². The Bertz CT molecular complexity index is 1030. The molecular weight excluding hydrogens is 451 g/mol. The van der Waals surface area contributed by atoms with Gasteiger partial charge in [0.15, 0.2) is 0 Å². The summed E-state index contributed by atoms with van der Waals surface area (Å²) in [5, 5.41) is 8.37. The minimum atomic E-state index is -3.43. The molecule has 1 aromatic carbocycles. The van der Waals surface area contributed by atoms with Crippen molar-refractivity contribution in [3.8, 4) is 11.8 Å². The van der Waals surface area contributed by atoms with Crippen LogP contribution in [0, 0.1) is 28.0 Å². The highest BCUT2D eigenvalue weighted by Gasteiger charge is 2.68. The quantitative estimate of drug-likeness (QED) is 0.566. The molecule has 9 nitrogen and oxygen atoms in total. The molecule has 4 N–H and O–H groups in total. The van der Waals surface area contributed by atoms with Crippen molar-refractivity contribution in [2.45, 2.75) is 42.6 Å². The maximum atomic E-state index is 15.2. The van der Waals surface area contributed by atoms with Crippen LogP contribution in [0.4, 0.5) is 4.39 Å². The van der Waals surface area contributed by atoms with Crippen LogP contribution in [0.1, 0.15) is 31.2 Å². The third kappa shape index (κ3) is 3.31. The number of nitrogens with zero attached hydrogens (tertiary/aromatic N) is 3. The van der Waals surface area contributed by atoms with Gasteiger partial charge in [0.25, 0.3) is 0 Å². The van der Waals surface area contributed by atoms with Crippen molar-refractivity contribution in [3.63, 3.8) is 0 Å². The third-order valence-corrected chi connectivity index (χ3v) is 9.99. The number of nitriles is 1. The van der Waals surface area contributed by atoms with Crippen molar-refractivity contribution in [2.75, 3.05) is 34.0 Å². The Morgan fingerprint density at radius 3 is 2.79 bits per heavy atom. The molecule has 0 aromatic heterocycles. The summed E-state index contributed by atoms with van der Waals surface area (Å²) in [6, 6.07) is 6.79. The van der Waals surface area contributed by atoms with E-state index in [0.29, 0.717) is 12.4 Å². The number of benzene rings is 1. The number of rotatable bonds is 6. The van der Waals surface area contributed by atoms with Crippen LogP contribution >= 0.6 is 10.8 Å². The van der Waals surface area contributed by atoms with E-state index in [1.165, 1.54) is 20.2 Å². The van der Waals surface area contributed by atoms with E-state index in [9.17, 15) is 14.4 Å². The van der Waals surface area contributed by atoms with Crippen LogP contribution in [0.3, 0.4) is 0 Å². The van der Waals surface area contributed by atoms with Crippen LogP contribution in [-0.4, -0.2) is 64.7 Å². The smallest absolute Gasteiger partial charge is 0.210 e. The summed E-state index contributed by atoms with van der Waals surface area (Å²) < 4.78 is 55.8. The van der Waals surface area contributed by atoms with Crippen LogP contribution in [0.15, 0.2) is 23.2 Å². The highest BCUT2D eigenvalue weighted by Crippen LogP contribution is 2.73. The molecule has 11 heteroatoms. The topological polar surface area (TPSA) is 134 Å². The first-order valence-electron chi connectivity index (χ1n) is 10.9. The zero-order valence-electron chi connectivity index (χ0n) is 18.7. The standard InChI is InChI=1S/C22H29FN4O5S/c1-27-19(25)26-22(13-32-15(7-30-2)6-18(22)33(27,28)29)16-5-14(3-4-17(16)23)31-12-21-8-20(9-21,10-21)11-24/h3-5,15,18,28-29H,6-10,12-13H2,1-2H3,(H2,25,26)/t15-,18-,20?,21?,22-/m1/s1. The van der Waals surface area contributed by atoms with Crippen LogP contribution < -0.4 is 10.5 Å². The van der Waals surface area contributed by atoms with Crippen molar-refractivity contribution >= 4 is 16.7 Å². The maximum Gasteiger partial charge on any atom is 0.210 e. The van der Waals surface area contributed by atoms with Gasteiger partial charge in [-0.05, 0) is 37.5 Å².